The molecule has 212 valence electrons. The van der Waals surface area contributed by atoms with E-state index in [0.717, 1.165) is 5.56 Å². The third-order valence-corrected chi connectivity index (χ3v) is 8.15. The Bertz CT molecular complexity index is 1480. The van der Waals surface area contributed by atoms with Gasteiger partial charge in [-0.3, -0.25) is 9.52 Å². The summed E-state index contributed by atoms with van der Waals surface area (Å²) in [5, 5.41) is 3.69. The first-order chi connectivity index (χ1) is 19.2. The van der Waals surface area contributed by atoms with Gasteiger partial charge in [-0.2, -0.15) is 0 Å². The fourth-order valence-electron chi connectivity index (χ4n) is 4.24. The van der Waals surface area contributed by atoms with Gasteiger partial charge in [0.25, 0.3) is 15.9 Å². The molecular weight excluding hydrogens is 556 g/mol. The number of amides is 2. The summed E-state index contributed by atoms with van der Waals surface area (Å²) in [7, 11) is -2.65. The summed E-state index contributed by atoms with van der Waals surface area (Å²) in [6.07, 6.45) is -0.416. The molecular formula is C28H31ClN4O6S. The molecule has 40 heavy (non-hydrogen) atoms. The van der Waals surface area contributed by atoms with Crippen molar-refractivity contribution in [1.29, 1.82) is 0 Å². The van der Waals surface area contributed by atoms with Gasteiger partial charge in [-0.05, 0) is 48.9 Å². The van der Waals surface area contributed by atoms with E-state index in [-0.39, 0.29) is 29.5 Å². The molecule has 1 aliphatic heterocycles. The van der Waals surface area contributed by atoms with E-state index in [1.54, 1.807) is 59.2 Å². The van der Waals surface area contributed by atoms with Gasteiger partial charge in [-0.25, -0.2) is 13.2 Å². The van der Waals surface area contributed by atoms with Gasteiger partial charge in [0, 0.05) is 49.4 Å². The molecule has 0 unspecified atom stereocenters. The largest absolute Gasteiger partial charge is 0.497 e. The van der Waals surface area contributed by atoms with E-state index in [0.29, 0.717) is 48.3 Å². The number of anilines is 2. The number of ether oxygens (including phenoxy) is 2. The Kier molecular flexibility index (Phi) is 9.38. The molecule has 0 spiro atoms. The average Bonchev–Trinajstić information content (AvgIpc) is 2.96. The smallest absolute Gasteiger partial charge is 0.409 e. The average molecular weight is 587 g/mol. The van der Waals surface area contributed by atoms with Crippen LogP contribution in [-0.2, 0) is 21.3 Å². The zero-order chi connectivity index (χ0) is 28.7. The highest BCUT2D eigenvalue weighted by Crippen LogP contribution is 2.28. The van der Waals surface area contributed by atoms with Crippen molar-refractivity contribution in [3.05, 3.63) is 82.9 Å². The minimum Gasteiger partial charge on any atom is -0.497 e. The Labute approximate surface area is 238 Å². The van der Waals surface area contributed by atoms with E-state index >= 15 is 0 Å². The number of methoxy groups -OCH3 is 1. The highest BCUT2D eigenvalue weighted by molar-refractivity contribution is 7.92. The molecule has 0 radical (unpaired) electrons. The molecule has 1 saturated heterocycles. The highest BCUT2D eigenvalue weighted by atomic mass is 35.5. The van der Waals surface area contributed by atoms with Gasteiger partial charge in [-0.15, -0.1) is 0 Å². The molecule has 3 aromatic carbocycles. The monoisotopic (exact) mass is 586 g/mol. The van der Waals surface area contributed by atoms with Gasteiger partial charge in [0.15, 0.2) is 0 Å². The van der Waals surface area contributed by atoms with E-state index in [1.807, 2.05) is 18.2 Å². The zero-order valence-corrected chi connectivity index (χ0v) is 23.8. The maximum atomic E-state index is 13.6. The Balaban J connectivity index is 1.61. The number of hydrogen-bond acceptors (Lipinski definition) is 7. The Morgan fingerprint density at radius 2 is 1.68 bits per heavy atom. The summed E-state index contributed by atoms with van der Waals surface area (Å²) < 4.78 is 40.1. The van der Waals surface area contributed by atoms with Crippen LogP contribution in [0.5, 0.6) is 5.75 Å². The number of hydrogen-bond donors (Lipinski definition) is 2. The first-order valence-electron chi connectivity index (χ1n) is 12.7. The SMILES string of the molecule is CCOC(=O)N1CCN(C(=O)c2ccc(NCc3ccccc3Cl)c(S(=O)(=O)Nc3cccc(OC)c3)c2)CC1. The molecule has 0 bridgehead atoms. The summed E-state index contributed by atoms with van der Waals surface area (Å²) in [6, 6.07) is 18.3. The number of benzene rings is 3. The minimum atomic E-state index is -4.14. The number of nitrogens with zero attached hydrogens (tertiary/aromatic N) is 2. The van der Waals surface area contributed by atoms with E-state index < -0.39 is 16.1 Å². The molecule has 1 aliphatic rings. The second-order valence-corrected chi connectivity index (χ2v) is 11.0. The summed E-state index contributed by atoms with van der Waals surface area (Å²) >= 11 is 6.29. The fraction of sp³-hybridized carbons (Fsp3) is 0.286. The lowest BCUT2D eigenvalue weighted by Crippen LogP contribution is -2.50. The number of carbonyl (C=O) groups is 2. The van der Waals surface area contributed by atoms with Crippen molar-refractivity contribution in [2.45, 2.75) is 18.4 Å². The van der Waals surface area contributed by atoms with Crippen molar-refractivity contribution in [3.8, 4) is 5.75 Å². The second-order valence-electron chi connectivity index (χ2n) is 8.97. The van der Waals surface area contributed by atoms with Crippen LogP contribution in [0, 0.1) is 0 Å². The van der Waals surface area contributed by atoms with Crippen molar-refractivity contribution < 1.29 is 27.5 Å². The van der Waals surface area contributed by atoms with E-state index in [9.17, 15) is 18.0 Å². The Hall–Kier alpha value is -3.96. The molecule has 10 nitrogen and oxygen atoms in total. The quantitative estimate of drug-likeness (QED) is 0.374. The van der Waals surface area contributed by atoms with Crippen LogP contribution < -0.4 is 14.8 Å². The van der Waals surface area contributed by atoms with Crippen LogP contribution in [-0.4, -0.2) is 70.1 Å². The first-order valence-corrected chi connectivity index (χ1v) is 14.6. The lowest BCUT2D eigenvalue weighted by atomic mass is 10.1. The summed E-state index contributed by atoms with van der Waals surface area (Å²) in [6.45, 7) is 3.53. The maximum absolute atomic E-state index is 13.6. The van der Waals surface area contributed by atoms with Gasteiger partial charge in [0.1, 0.15) is 10.6 Å². The molecule has 2 amide bonds. The molecule has 0 aliphatic carbocycles. The van der Waals surface area contributed by atoms with Gasteiger partial charge >= 0.3 is 6.09 Å². The number of nitrogens with one attached hydrogen (secondary N) is 2. The molecule has 0 atom stereocenters. The van der Waals surface area contributed by atoms with Crippen molar-refractivity contribution in [2.75, 3.05) is 49.9 Å². The Morgan fingerprint density at radius 3 is 2.38 bits per heavy atom. The van der Waals surface area contributed by atoms with Crippen LogP contribution in [0.1, 0.15) is 22.8 Å². The predicted octanol–water partition coefficient (Wildman–Crippen LogP) is 4.68. The van der Waals surface area contributed by atoms with Crippen LogP contribution in [0.3, 0.4) is 0 Å². The molecule has 2 N–H and O–H groups in total. The number of halogens is 1. The minimum absolute atomic E-state index is 0.0987. The van der Waals surface area contributed by atoms with E-state index in [2.05, 4.69) is 10.0 Å². The van der Waals surface area contributed by atoms with Gasteiger partial charge in [0.2, 0.25) is 0 Å². The standard InChI is InChI=1S/C28H31ClN4O6S/c1-3-39-28(35)33-15-13-32(14-16-33)27(34)20-11-12-25(30-19-21-7-4-5-10-24(21)29)26(17-20)40(36,37)31-22-8-6-9-23(18-22)38-2/h4-12,17-18,30-31H,3,13-16,19H2,1-2H3. The number of carbonyl (C=O) groups excluding carboxylic acids is 2. The first kappa shape index (κ1) is 29.0. The van der Waals surface area contributed by atoms with Crippen molar-refractivity contribution in [1.82, 2.24) is 9.80 Å². The Morgan fingerprint density at radius 1 is 0.950 bits per heavy atom. The topological polar surface area (TPSA) is 117 Å². The number of sulfonamides is 1. The molecule has 1 fully saturated rings. The zero-order valence-electron chi connectivity index (χ0n) is 22.2. The maximum Gasteiger partial charge on any atom is 0.409 e. The van der Waals surface area contributed by atoms with Gasteiger partial charge < -0.3 is 24.6 Å². The molecule has 0 saturated carbocycles. The lowest BCUT2D eigenvalue weighted by molar-refractivity contribution is 0.0570. The second kappa shape index (κ2) is 12.9. The van der Waals surface area contributed by atoms with Crippen LogP contribution in [0.4, 0.5) is 16.2 Å². The van der Waals surface area contributed by atoms with E-state index in [1.165, 1.54) is 13.2 Å². The predicted molar refractivity (Wildman–Crippen MR) is 154 cm³/mol. The van der Waals surface area contributed by atoms with Crippen LogP contribution in [0.15, 0.2) is 71.6 Å². The van der Waals surface area contributed by atoms with Crippen LogP contribution in [0.2, 0.25) is 5.02 Å². The van der Waals surface area contributed by atoms with Crippen molar-refractivity contribution >= 4 is 45.0 Å². The summed E-state index contributed by atoms with van der Waals surface area (Å²) in [5.41, 5.74) is 1.61. The molecule has 12 heteroatoms. The third kappa shape index (κ3) is 6.97. The summed E-state index contributed by atoms with van der Waals surface area (Å²) in [5.74, 6) is 0.155. The van der Waals surface area contributed by atoms with Crippen molar-refractivity contribution in [3.63, 3.8) is 0 Å². The van der Waals surface area contributed by atoms with E-state index in [4.69, 9.17) is 21.1 Å². The normalized spacial score (nSPS) is 13.5. The van der Waals surface area contributed by atoms with Gasteiger partial charge in [0.05, 0.1) is 25.1 Å². The van der Waals surface area contributed by atoms with Crippen molar-refractivity contribution in [2.24, 2.45) is 0 Å². The molecule has 0 aromatic heterocycles. The highest BCUT2D eigenvalue weighted by Gasteiger charge is 2.27. The fourth-order valence-corrected chi connectivity index (χ4v) is 5.70. The molecule has 4 rings (SSSR count). The number of piperazine rings is 1. The van der Waals surface area contributed by atoms with Crippen LogP contribution >= 0.6 is 11.6 Å². The molecule has 1 heterocycles. The molecule has 3 aromatic rings. The lowest BCUT2D eigenvalue weighted by Gasteiger charge is -2.34. The third-order valence-electron chi connectivity index (χ3n) is 6.36. The van der Waals surface area contributed by atoms with Gasteiger partial charge in [-0.1, -0.05) is 35.9 Å². The summed E-state index contributed by atoms with van der Waals surface area (Å²) in [4.78, 5) is 28.4. The van der Waals surface area contributed by atoms with Crippen LogP contribution in [0.25, 0.3) is 0 Å². The number of rotatable bonds is 9.